The van der Waals surface area contributed by atoms with Crippen molar-refractivity contribution in [3.63, 3.8) is 0 Å². The lowest BCUT2D eigenvalue weighted by Gasteiger charge is -2.25. The van der Waals surface area contributed by atoms with Crippen LogP contribution in [0.1, 0.15) is 38.3 Å². The van der Waals surface area contributed by atoms with Crippen LogP contribution in [0.15, 0.2) is 42.5 Å². The first-order valence-corrected chi connectivity index (χ1v) is 8.42. The average Bonchev–Trinajstić information content (AvgIpc) is 3.00. The normalized spacial score (nSPS) is 19.8. The summed E-state index contributed by atoms with van der Waals surface area (Å²) < 4.78 is 0. The lowest BCUT2D eigenvalue weighted by atomic mass is 10.1. The number of rotatable bonds is 7. The van der Waals surface area contributed by atoms with Crippen molar-refractivity contribution < 1.29 is 19.5 Å². The van der Waals surface area contributed by atoms with Crippen LogP contribution in [0.2, 0.25) is 0 Å². The number of likely N-dealkylation sites (tertiary alicyclic amines) is 1. The van der Waals surface area contributed by atoms with E-state index in [9.17, 15) is 19.5 Å². The minimum absolute atomic E-state index is 0.0863. The lowest BCUT2D eigenvalue weighted by molar-refractivity contribution is -0.142. The van der Waals surface area contributed by atoms with Gasteiger partial charge in [-0.05, 0) is 25.8 Å². The van der Waals surface area contributed by atoms with Gasteiger partial charge in [-0.15, -0.1) is 0 Å². The molecule has 1 aromatic carbocycles. The molecular formula is C19H24N2O4. The van der Waals surface area contributed by atoms with Crippen LogP contribution in [0.5, 0.6) is 0 Å². The molecule has 134 valence electrons. The summed E-state index contributed by atoms with van der Waals surface area (Å²) in [6.45, 7) is 4.02. The number of aliphatic carboxylic acids is 1. The predicted molar refractivity (Wildman–Crippen MR) is 93.7 cm³/mol. The number of nitrogens with one attached hydrogen (secondary N) is 1. The molecule has 0 radical (unpaired) electrons. The summed E-state index contributed by atoms with van der Waals surface area (Å²) in [5, 5.41) is 11.8. The van der Waals surface area contributed by atoms with Gasteiger partial charge in [-0.1, -0.05) is 42.5 Å². The van der Waals surface area contributed by atoms with Gasteiger partial charge in [0, 0.05) is 13.0 Å². The van der Waals surface area contributed by atoms with Crippen LogP contribution < -0.4 is 5.32 Å². The molecule has 1 fully saturated rings. The number of nitrogens with zero attached hydrogens (tertiary/aromatic N) is 1. The van der Waals surface area contributed by atoms with Crippen molar-refractivity contribution in [1.82, 2.24) is 10.2 Å². The van der Waals surface area contributed by atoms with E-state index < -0.39 is 17.9 Å². The summed E-state index contributed by atoms with van der Waals surface area (Å²) in [6.07, 6.45) is 3.77. The van der Waals surface area contributed by atoms with Gasteiger partial charge < -0.3 is 15.3 Å². The van der Waals surface area contributed by atoms with Crippen LogP contribution in [0.3, 0.4) is 0 Å². The highest BCUT2D eigenvalue weighted by molar-refractivity contribution is 5.91. The molecule has 25 heavy (non-hydrogen) atoms. The van der Waals surface area contributed by atoms with Crippen molar-refractivity contribution in [2.24, 2.45) is 5.92 Å². The highest BCUT2D eigenvalue weighted by atomic mass is 16.4. The van der Waals surface area contributed by atoms with Gasteiger partial charge in [-0.3, -0.25) is 9.59 Å². The van der Waals surface area contributed by atoms with Gasteiger partial charge in [0.25, 0.3) is 0 Å². The van der Waals surface area contributed by atoms with Crippen molar-refractivity contribution in [2.75, 3.05) is 6.54 Å². The SMILES string of the molecule is C/C=C/CC(NC(=O)C1CC(=O)N(C(C)c2ccccc2)C1)C(=O)O. The lowest BCUT2D eigenvalue weighted by Crippen LogP contribution is -2.44. The molecule has 1 aromatic rings. The highest BCUT2D eigenvalue weighted by Gasteiger charge is 2.38. The second-order valence-corrected chi connectivity index (χ2v) is 6.24. The summed E-state index contributed by atoms with van der Waals surface area (Å²) in [6, 6.07) is 8.54. The second-order valence-electron chi connectivity index (χ2n) is 6.24. The number of hydrogen-bond acceptors (Lipinski definition) is 3. The Balaban J connectivity index is 2.01. The molecule has 0 saturated carbocycles. The fourth-order valence-corrected chi connectivity index (χ4v) is 2.98. The Hall–Kier alpha value is -2.63. The first-order chi connectivity index (χ1) is 11.9. The van der Waals surface area contributed by atoms with E-state index in [0.29, 0.717) is 6.54 Å². The van der Waals surface area contributed by atoms with E-state index in [1.807, 2.05) is 37.3 Å². The molecule has 2 amide bonds. The molecule has 0 aliphatic carbocycles. The third-order valence-electron chi connectivity index (χ3n) is 4.50. The number of carboxylic acids is 1. The molecule has 0 aromatic heterocycles. The summed E-state index contributed by atoms with van der Waals surface area (Å²) in [4.78, 5) is 37.6. The third-order valence-corrected chi connectivity index (χ3v) is 4.50. The summed E-state index contributed by atoms with van der Waals surface area (Å²) >= 11 is 0. The fraction of sp³-hybridized carbons (Fsp3) is 0.421. The number of amides is 2. The highest BCUT2D eigenvalue weighted by Crippen LogP contribution is 2.28. The van der Waals surface area contributed by atoms with Gasteiger partial charge in [0.1, 0.15) is 6.04 Å². The van der Waals surface area contributed by atoms with Crippen LogP contribution >= 0.6 is 0 Å². The van der Waals surface area contributed by atoms with Crippen molar-refractivity contribution >= 4 is 17.8 Å². The summed E-state index contributed by atoms with van der Waals surface area (Å²) in [5.74, 6) is -2.07. The minimum Gasteiger partial charge on any atom is -0.480 e. The molecule has 1 aliphatic rings. The molecule has 2 rings (SSSR count). The molecule has 0 bridgehead atoms. The van der Waals surface area contributed by atoms with Crippen molar-refractivity contribution in [3.05, 3.63) is 48.0 Å². The van der Waals surface area contributed by atoms with Crippen LogP contribution in [0.25, 0.3) is 0 Å². The molecule has 1 aliphatic heterocycles. The van der Waals surface area contributed by atoms with Gasteiger partial charge in [0.2, 0.25) is 11.8 Å². The van der Waals surface area contributed by atoms with Gasteiger partial charge in [0.05, 0.1) is 12.0 Å². The van der Waals surface area contributed by atoms with E-state index in [1.165, 1.54) is 0 Å². The maximum atomic E-state index is 12.4. The Labute approximate surface area is 147 Å². The smallest absolute Gasteiger partial charge is 0.326 e. The maximum absolute atomic E-state index is 12.4. The fourth-order valence-electron chi connectivity index (χ4n) is 2.98. The quantitative estimate of drug-likeness (QED) is 0.742. The van der Waals surface area contributed by atoms with E-state index in [2.05, 4.69) is 5.32 Å². The molecule has 0 spiro atoms. The number of hydrogen-bond donors (Lipinski definition) is 2. The number of allylic oxidation sites excluding steroid dienone is 1. The second kappa shape index (κ2) is 8.46. The summed E-state index contributed by atoms with van der Waals surface area (Å²) in [7, 11) is 0. The average molecular weight is 344 g/mol. The van der Waals surface area contributed by atoms with Gasteiger partial charge >= 0.3 is 5.97 Å². The van der Waals surface area contributed by atoms with Crippen LogP contribution in [0.4, 0.5) is 0 Å². The Bertz CT molecular complexity index is 657. The number of carbonyl (C=O) groups excluding carboxylic acids is 2. The van der Waals surface area contributed by atoms with Crippen molar-refractivity contribution in [2.45, 2.75) is 38.8 Å². The van der Waals surface area contributed by atoms with Crippen molar-refractivity contribution in [3.8, 4) is 0 Å². The summed E-state index contributed by atoms with van der Waals surface area (Å²) in [5.41, 5.74) is 1.01. The van der Waals surface area contributed by atoms with Crippen molar-refractivity contribution in [1.29, 1.82) is 0 Å². The molecule has 6 nitrogen and oxygen atoms in total. The van der Waals surface area contributed by atoms with E-state index >= 15 is 0 Å². The first-order valence-electron chi connectivity index (χ1n) is 8.42. The number of carboxylic acid groups (broad SMARTS) is 1. The third kappa shape index (κ3) is 4.68. The standard InChI is InChI=1S/C19H24N2O4/c1-3-4-10-16(19(24)25)20-18(23)15-11-17(22)21(12-15)13(2)14-8-6-5-7-9-14/h3-9,13,15-16H,10-12H2,1-2H3,(H,20,23)(H,24,25)/b4-3+. The Morgan fingerprint density at radius 2 is 2.04 bits per heavy atom. The van der Waals surface area contributed by atoms with E-state index in [1.54, 1.807) is 24.0 Å². The van der Waals surface area contributed by atoms with Crippen LogP contribution in [-0.2, 0) is 14.4 Å². The number of carbonyl (C=O) groups is 3. The Morgan fingerprint density at radius 1 is 1.36 bits per heavy atom. The monoisotopic (exact) mass is 344 g/mol. The Morgan fingerprint density at radius 3 is 2.64 bits per heavy atom. The molecular weight excluding hydrogens is 320 g/mol. The predicted octanol–water partition coefficient (Wildman–Crippen LogP) is 2.13. The van der Waals surface area contributed by atoms with Crippen LogP contribution in [-0.4, -0.2) is 40.4 Å². The van der Waals surface area contributed by atoms with E-state index in [0.717, 1.165) is 5.56 Å². The molecule has 1 heterocycles. The Kier molecular flexibility index (Phi) is 6.33. The first kappa shape index (κ1) is 18.7. The van der Waals surface area contributed by atoms with Crippen LogP contribution in [0, 0.1) is 5.92 Å². The van der Waals surface area contributed by atoms with E-state index in [4.69, 9.17) is 0 Å². The minimum atomic E-state index is -1.08. The van der Waals surface area contributed by atoms with E-state index in [-0.39, 0.29) is 30.7 Å². The maximum Gasteiger partial charge on any atom is 0.326 e. The molecule has 1 saturated heterocycles. The van der Waals surface area contributed by atoms with Gasteiger partial charge in [-0.25, -0.2) is 4.79 Å². The topological polar surface area (TPSA) is 86.7 Å². The zero-order valence-electron chi connectivity index (χ0n) is 14.5. The molecule has 3 unspecified atom stereocenters. The zero-order chi connectivity index (χ0) is 18.4. The van der Waals surface area contributed by atoms with Gasteiger partial charge in [0.15, 0.2) is 0 Å². The molecule has 6 heteroatoms. The molecule has 2 N–H and O–H groups in total. The largest absolute Gasteiger partial charge is 0.480 e. The number of benzene rings is 1. The molecule has 3 atom stereocenters. The van der Waals surface area contributed by atoms with Gasteiger partial charge in [-0.2, -0.15) is 0 Å². The zero-order valence-corrected chi connectivity index (χ0v) is 14.5.